The highest BCUT2D eigenvalue weighted by atomic mass is 79.9. The van der Waals surface area contributed by atoms with Crippen LogP contribution in [0.2, 0.25) is 0 Å². The molecule has 0 saturated heterocycles. The third-order valence-corrected chi connectivity index (χ3v) is 5.80. The highest BCUT2D eigenvalue weighted by Crippen LogP contribution is 2.44. The number of rotatable bonds is 5. The maximum atomic E-state index is 13.2. The second-order valence-corrected chi connectivity index (χ2v) is 8.52. The van der Waals surface area contributed by atoms with E-state index in [0.29, 0.717) is 31.0 Å². The van der Waals surface area contributed by atoms with Gasteiger partial charge in [-0.3, -0.25) is 5.32 Å². The van der Waals surface area contributed by atoms with Crippen LogP contribution in [0.5, 0.6) is 5.75 Å². The zero-order chi connectivity index (χ0) is 21.4. The molecule has 0 bridgehead atoms. The fourth-order valence-electron chi connectivity index (χ4n) is 4.02. The molecular formula is C23H26BrN3O3. The molecule has 2 aromatic carbocycles. The van der Waals surface area contributed by atoms with Crippen molar-refractivity contribution in [1.29, 1.82) is 0 Å². The van der Waals surface area contributed by atoms with Gasteiger partial charge in [-0.25, -0.2) is 4.79 Å². The zero-order valence-electron chi connectivity index (χ0n) is 17.7. The van der Waals surface area contributed by atoms with Crippen LogP contribution in [0.1, 0.15) is 35.3 Å². The minimum absolute atomic E-state index is 0.190. The molecule has 0 radical (unpaired) electrons. The molecule has 2 heterocycles. The van der Waals surface area contributed by atoms with Crippen molar-refractivity contribution in [3.05, 3.63) is 57.7 Å². The van der Waals surface area contributed by atoms with Crippen LogP contribution in [0.3, 0.4) is 0 Å². The number of esters is 1. The van der Waals surface area contributed by atoms with Crippen LogP contribution in [0.15, 0.2) is 41.0 Å². The van der Waals surface area contributed by atoms with Crippen molar-refractivity contribution < 1.29 is 14.3 Å². The topological polar surface area (TPSA) is 55.7 Å². The van der Waals surface area contributed by atoms with Gasteiger partial charge in [0, 0.05) is 46.0 Å². The third kappa shape index (κ3) is 3.62. The van der Waals surface area contributed by atoms with Crippen molar-refractivity contribution in [2.45, 2.75) is 33.2 Å². The van der Waals surface area contributed by atoms with Gasteiger partial charge in [0.1, 0.15) is 17.5 Å². The number of halogens is 1. The van der Waals surface area contributed by atoms with Crippen molar-refractivity contribution in [3.8, 4) is 11.4 Å². The zero-order valence-corrected chi connectivity index (χ0v) is 19.2. The van der Waals surface area contributed by atoms with Gasteiger partial charge in [0.2, 0.25) is 0 Å². The van der Waals surface area contributed by atoms with Gasteiger partial charge in [0.15, 0.2) is 0 Å². The van der Waals surface area contributed by atoms with E-state index in [-0.39, 0.29) is 12.2 Å². The summed E-state index contributed by atoms with van der Waals surface area (Å²) in [7, 11) is 3.99. The fraction of sp³-hybridized carbons (Fsp3) is 0.348. The monoisotopic (exact) mass is 471 g/mol. The quantitative estimate of drug-likeness (QED) is 0.556. The first-order chi connectivity index (χ1) is 14.4. The van der Waals surface area contributed by atoms with Gasteiger partial charge in [-0.15, -0.1) is 0 Å². The standard InChI is InChI=1S/C23H26BrN3O3/c1-5-29-23(28)20-17(12-26(3)4)21-19(16-11-25-14(2)30-22(16)20)18(24)13-27(21)15-9-7-6-8-10-15/h6-10,13-14,25H,5,11-12H2,1-4H3. The number of fused-ring (bicyclic) bond motifs is 3. The second-order valence-electron chi connectivity index (χ2n) is 7.67. The van der Waals surface area contributed by atoms with Crippen LogP contribution in [0.25, 0.3) is 16.6 Å². The number of nitrogens with one attached hydrogen (secondary N) is 1. The van der Waals surface area contributed by atoms with E-state index in [2.05, 4.69) is 49.0 Å². The molecule has 0 aliphatic carbocycles. The Hall–Kier alpha value is -2.35. The summed E-state index contributed by atoms with van der Waals surface area (Å²) in [4.78, 5) is 15.2. The lowest BCUT2D eigenvalue weighted by atomic mass is 9.95. The molecule has 30 heavy (non-hydrogen) atoms. The van der Waals surface area contributed by atoms with Gasteiger partial charge in [0.05, 0.1) is 12.1 Å². The Kier molecular flexibility index (Phi) is 5.86. The molecule has 0 saturated carbocycles. The summed E-state index contributed by atoms with van der Waals surface area (Å²) in [6.45, 7) is 5.26. The van der Waals surface area contributed by atoms with E-state index < -0.39 is 0 Å². The number of para-hydroxylation sites is 1. The van der Waals surface area contributed by atoms with Gasteiger partial charge in [0.25, 0.3) is 0 Å². The van der Waals surface area contributed by atoms with Crippen LogP contribution in [0.4, 0.5) is 0 Å². The Morgan fingerprint density at radius 3 is 2.73 bits per heavy atom. The summed E-state index contributed by atoms with van der Waals surface area (Å²) in [5.74, 6) is 0.272. The number of hydrogen-bond acceptors (Lipinski definition) is 5. The number of aromatic nitrogens is 1. The van der Waals surface area contributed by atoms with Crippen LogP contribution in [-0.4, -0.2) is 42.4 Å². The Morgan fingerprint density at radius 2 is 2.07 bits per heavy atom. The fourth-order valence-corrected chi connectivity index (χ4v) is 4.66. The summed E-state index contributed by atoms with van der Waals surface area (Å²) >= 11 is 3.77. The molecule has 6 nitrogen and oxygen atoms in total. The molecule has 1 aromatic heterocycles. The summed E-state index contributed by atoms with van der Waals surface area (Å²) < 4.78 is 14.7. The molecular weight excluding hydrogens is 446 g/mol. The molecule has 1 aliphatic rings. The Balaban J connectivity index is 2.14. The number of carbonyl (C=O) groups excluding carboxylic acids is 1. The van der Waals surface area contributed by atoms with Crippen molar-refractivity contribution in [1.82, 2.24) is 14.8 Å². The molecule has 0 fully saturated rings. The van der Waals surface area contributed by atoms with Crippen molar-refractivity contribution in [3.63, 3.8) is 0 Å². The molecule has 4 rings (SSSR count). The molecule has 1 unspecified atom stereocenters. The number of benzene rings is 2. The summed E-state index contributed by atoms with van der Waals surface area (Å²) in [6, 6.07) is 10.1. The van der Waals surface area contributed by atoms with Crippen molar-refractivity contribution >= 4 is 32.8 Å². The van der Waals surface area contributed by atoms with Crippen molar-refractivity contribution in [2.24, 2.45) is 0 Å². The van der Waals surface area contributed by atoms with E-state index in [4.69, 9.17) is 9.47 Å². The van der Waals surface area contributed by atoms with Crippen LogP contribution in [-0.2, 0) is 17.8 Å². The van der Waals surface area contributed by atoms with Crippen LogP contribution in [0, 0.1) is 0 Å². The molecule has 0 amide bonds. The SMILES string of the molecule is CCOC(=O)c1c2c(c3c(Br)cn(-c4ccccc4)c3c1CN(C)C)CNC(C)O2. The minimum atomic E-state index is -0.349. The van der Waals surface area contributed by atoms with Crippen molar-refractivity contribution in [2.75, 3.05) is 20.7 Å². The number of carbonyl (C=O) groups is 1. The molecule has 1 aliphatic heterocycles. The second kappa shape index (κ2) is 8.41. The number of nitrogens with zero attached hydrogens (tertiary/aromatic N) is 2. The van der Waals surface area contributed by atoms with Crippen LogP contribution < -0.4 is 10.1 Å². The molecule has 7 heteroatoms. The average Bonchev–Trinajstić information content (AvgIpc) is 3.06. The van der Waals surface area contributed by atoms with E-state index in [1.807, 2.05) is 46.1 Å². The lowest BCUT2D eigenvalue weighted by Crippen LogP contribution is -2.36. The normalized spacial score (nSPS) is 15.9. The van der Waals surface area contributed by atoms with E-state index in [1.165, 1.54) is 0 Å². The molecule has 158 valence electrons. The van der Waals surface area contributed by atoms with E-state index in [1.54, 1.807) is 0 Å². The van der Waals surface area contributed by atoms with Gasteiger partial charge in [-0.1, -0.05) is 18.2 Å². The summed E-state index contributed by atoms with van der Waals surface area (Å²) in [5, 5.41) is 4.40. The summed E-state index contributed by atoms with van der Waals surface area (Å²) in [5.41, 5.74) is 4.40. The maximum absolute atomic E-state index is 13.2. The largest absolute Gasteiger partial charge is 0.474 e. The molecule has 1 N–H and O–H groups in total. The first kappa shape index (κ1) is 20.9. The highest BCUT2D eigenvalue weighted by molar-refractivity contribution is 9.10. The molecule has 1 atom stereocenters. The van der Waals surface area contributed by atoms with Gasteiger partial charge in [-0.2, -0.15) is 0 Å². The van der Waals surface area contributed by atoms with E-state index >= 15 is 0 Å². The van der Waals surface area contributed by atoms with Gasteiger partial charge in [-0.05, 0) is 56.0 Å². The van der Waals surface area contributed by atoms with Gasteiger partial charge >= 0.3 is 5.97 Å². The van der Waals surface area contributed by atoms with Crippen LogP contribution >= 0.6 is 15.9 Å². The molecule has 0 spiro atoms. The Labute approximate surface area is 184 Å². The average molecular weight is 472 g/mol. The summed E-state index contributed by atoms with van der Waals surface area (Å²) in [6.07, 6.45) is 1.87. The maximum Gasteiger partial charge on any atom is 0.342 e. The van der Waals surface area contributed by atoms with E-state index in [9.17, 15) is 4.79 Å². The predicted molar refractivity (Wildman–Crippen MR) is 121 cm³/mol. The predicted octanol–water partition coefficient (Wildman–Crippen LogP) is 4.46. The Bertz CT molecular complexity index is 1090. The van der Waals surface area contributed by atoms with Gasteiger partial charge < -0.3 is 18.9 Å². The highest BCUT2D eigenvalue weighted by Gasteiger charge is 2.32. The molecule has 3 aromatic rings. The minimum Gasteiger partial charge on any atom is -0.474 e. The van der Waals surface area contributed by atoms with E-state index in [0.717, 1.165) is 32.2 Å². The first-order valence-electron chi connectivity index (χ1n) is 10.1. The smallest absolute Gasteiger partial charge is 0.342 e. The lowest BCUT2D eigenvalue weighted by molar-refractivity contribution is 0.0513. The lowest BCUT2D eigenvalue weighted by Gasteiger charge is -2.29. The first-order valence-corrected chi connectivity index (χ1v) is 10.9. The number of ether oxygens (including phenoxy) is 2. The third-order valence-electron chi connectivity index (χ3n) is 5.20. The Morgan fingerprint density at radius 1 is 1.33 bits per heavy atom. The number of hydrogen-bond donors (Lipinski definition) is 1.